The Hall–Kier alpha value is -2.82. The van der Waals surface area contributed by atoms with Crippen LogP contribution < -0.4 is 4.31 Å². The van der Waals surface area contributed by atoms with E-state index >= 15 is 0 Å². The molecule has 0 fully saturated rings. The molecule has 4 nitrogen and oxygen atoms in total. The third-order valence-electron chi connectivity index (χ3n) is 4.83. The molecule has 1 heterocycles. The third-order valence-corrected chi connectivity index (χ3v) is 8.40. The smallest absolute Gasteiger partial charge is 0.419 e. The molecule has 0 saturated heterocycles. The van der Waals surface area contributed by atoms with E-state index in [9.17, 15) is 31.1 Å². The average molecular weight is 516 g/mol. The first-order valence-electron chi connectivity index (χ1n) is 9.33. The summed E-state index contributed by atoms with van der Waals surface area (Å²) in [7, 11) is -4.32. The van der Waals surface area contributed by atoms with Crippen LogP contribution in [-0.2, 0) is 22.7 Å². The van der Waals surface area contributed by atoms with Crippen molar-refractivity contribution in [3.05, 3.63) is 88.7 Å². The van der Waals surface area contributed by atoms with Gasteiger partial charge < -0.3 is 5.11 Å². The van der Waals surface area contributed by atoms with Gasteiger partial charge >= 0.3 is 6.18 Å². The van der Waals surface area contributed by atoms with Crippen LogP contribution in [0.3, 0.4) is 0 Å². The van der Waals surface area contributed by atoms with Gasteiger partial charge in [-0.05, 0) is 48.0 Å². The minimum Gasteiger partial charge on any atom is -0.508 e. The summed E-state index contributed by atoms with van der Waals surface area (Å²) in [5, 5.41) is 10.3. The second-order valence-electron chi connectivity index (χ2n) is 7.03. The summed E-state index contributed by atoms with van der Waals surface area (Å²) in [6, 6.07) is 13.9. The number of sulfonamides is 1. The van der Waals surface area contributed by atoms with Crippen LogP contribution >= 0.6 is 22.9 Å². The van der Waals surface area contributed by atoms with E-state index < -0.39 is 34.1 Å². The van der Waals surface area contributed by atoms with Crippen LogP contribution in [0, 0.1) is 5.82 Å². The molecule has 4 aromatic rings. The predicted molar refractivity (Wildman–Crippen MR) is 120 cm³/mol. The largest absolute Gasteiger partial charge is 0.508 e. The molecule has 0 amide bonds. The molecule has 0 saturated carbocycles. The first-order chi connectivity index (χ1) is 15.5. The number of halogens is 5. The van der Waals surface area contributed by atoms with Crippen LogP contribution in [0.25, 0.3) is 10.1 Å². The highest BCUT2D eigenvalue weighted by molar-refractivity contribution is 7.93. The Morgan fingerprint density at radius 1 is 1.00 bits per heavy atom. The molecule has 0 bridgehead atoms. The van der Waals surface area contributed by atoms with Crippen molar-refractivity contribution in [2.45, 2.75) is 17.6 Å². The maximum absolute atomic E-state index is 13.8. The van der Waals surface area contributed by atoms with Crippen molar-refractivity contribution in [3.63, 3.8) is 0 Å². The van der Waals surface area contributed by atoms with E-state index in [4.69, 9.17) is 11.6 Å². The Morgan fingerprint density at radius 2 is 1.67 bits per heavy atom. The van der Waals surface area contributed by atoms with Gasteiger partial charge in [0.15, 0.2) is 0 Å². The topological polar surface area (TPSA) is 57.6 Å². The highest BCUT2D eigenvalue weighted by Crippen LogP contribution is 2.44. The van der Waals surface area contributed by atoms with Gasteiger partial charge in [-0.15, -0.1) is 11.3 Å². The molecule has 1 aromatic heterocycles. The van der Waals surface area contributed by atoms with Crippen LogP contribution in [-0.4, -0.2) is 13.5 Å². The SMILES string of the molecule is O=S(=O)(c1ccc(O)cc1)N(Cc1ccc(F)c(C(F)(F)F)c1)c1sc2ccccc2c1Cl. The quantitative estimate of drug-likeness (QED) is 0.297. The van der Waals surface area contributed by atoms with Crippen molar-refractivity contribution in [2.75, 3.05) is 4.31 Å². The van der Waals surface area contributed by atoms with Gasteiger partial charge in [0.1, 0.15) is 16.6 Å². The maximum atomic E-state index is 13.8. The standard InChI is InChI=1S/C22H14ClF4NO3S2/c23-20-16-3-1-2-4-19(16)32-21(20)28(33(30,31)15-8-6-14(29)7-9-15)12-13-5-10-18(24)17(11-13)22(25,26)27/h1-11,29H,12H2. The zero-order valence-electron chi connectivity index (χ0n) is 16.5. The van der Waals surface area contributed by atoms with Crippen molar-refractivity contribution < 1.29 is 31.1 Å². The van der Waals surface area contributed by atoms with E-state index in [0.717, 1.165) is 21.7 Å². The molecule has 0 aliphatic rings. The van der Waals surface area contributed by atoms with Crippen molar-refractivity contribution >= 4 is 48.0 Å². The van der Waals surface area contributed by atoms with Gasteiger partial charge in [-0.25, -0.2) is 12.8 Å². The first-order valence-corrected chi connectivity index (χ1v) is 12.0. The fraction of sp³-hybridized carbons (Fsp3) is 0.0909. The van der Waals surface area contributed by atoms with Crippen LogP contribution in [0.1, 0.15) is 11.1 Å². The number of alkyl halides is 3. The number of hydrogen-bond acceptors (Lipinski definition) is 4. The monoisotopic (exact) mass is 515 g/mol. The van der Waals surface area contributed by atoms with Crippen LogP contribution in [0.5, 0.6) is 5.75 Å². The van der Waals surface area contributed by atoms with Gasteiger partial charge in [0.25, 0.3) is 10.0 Å². The zero-order chi connectivity index (χ0) is 24.0. The minimum atomic E-state index is -4.95. The molecule has 0 radical (unpaired) electrons. The van der Waals surface area contributed by atoms with Crippen LogP contribution in [0.2, 0.25) is 5.02 Å². The van der Waals surface area contributed by atoms with E-state index in [1.165, 1.54) is 24.3 Å². The number of thiophene rings is 1. The van der Waals surface area contributed by atoms with Crippen molar-refractivity contribution in [2.24, 2.45) is 0 Å². The molecular weight excluding hydrogens is 502 g/mol. The second kappa shape index (κ2) is 8.51. The fourth-order valence-electron chi connectivity index (χ4n) is 3.23. The number of nitrogens with zero attached hydrogens (tertiary/aromatic N) is 1. The summed E-state index contributed by atoms with van der Waals surface area (Å²) in [5.74, 6) is -1.62. The summed E-state index contributed by atoms with van der Waals surface area (Å²) < 4.78 is 82.0. The number of hydrogen-bond donors (Lipinski definition) is 1. The molecular formula is C22H14ClF4NO3S2. The number of benzene rings is 3. The van der Waals surface area contributed by atoms with E-state index in [-0.39, 0.29) is 26.2 Å². The highest BCUT2D eigenvalue weighted by atomic mass is 35.5. The lowest BCUT2D eigenvalue weighted by atomic mass is 10.1. The molecule has 172 valence electrons. The van der Waals surface area contributed by atoms with Crippen molar-refractivity contribution in [1.29, 1.82) is 0 Å². The van der Waals surface area contributed by atoms with Gasteiger partial charge in [0, 0.05) is 10.1 Å². The second-order valence-corrected chi connectivity index (χ2v) is 10.3. The number of fused-ring (bicyclic) bond motifs is 1. The summed E-state index contributed by atoms with van der Waals surface area (Å²) >= 11 is 7.55. The van der Waals surface area contributed by atoms with Gasteiger partial charge in [0.2, 0.25) is 0 Å². The zero-order valence-corrected chi connectivity index (χ0v) is 18.9. The molecule has 3 aromatic carbocycles. The summed E-state index contributed by atoms with van der Waals surface area (Å²) in [6.45, 7) is -0.529. The highest BCUT2D eigenvalue weighted by Gasteiger charge is 2.35. The molecule has 11 heteroatoms. The number of anilines is 1. The summed E-state index contributed by atoms with van der Waals surface area (Å²) in [5.41, 5.74) is -1.58. The summed E-state index contributed by atoms with van der Waals surface area (Å²) in [4.78, 5) is -0.202. The Kier molecular flexibility index (Phi) is 6.02. The molecule has 0 aliphatic heterocycles. The Labute approximate surface area is 195 Å². The number of rotatable bonds is 5. The number of aromatic hydroxyl groups is 1. The molecule has 0 unspecified atom stereocenters. The third kappa shape index (κ3) is 4.50. The summed E-state index contributed by atoms with van der Waals surface area (Å²) in [6.07, 6.45) is -4.95. The normalized spacial score (nSPS) is 12.3. The minimum absolute atomic E-state index is 0.0837. The molecule has 0 aliphatic carbocycles. The molecule has 33 heavy (non-hydrogen) atoms. The fourth-order valence-corrected chi connectivity index (χ4v) is 6.49. The van der Waals surface area contributed by atoms with Crippen molar-refractivity contribution in [3.8, 4) is 5.75 Å². The van der Waals surface area contributed by atoms with Gasteiger partial charge in [-0.3, -0.25) is 4.31 Å². The van der Waals surface area contributed by atoms with Crippen LogP contribution in [0.15, 0.2) is 71.6 Å². The van der Waals surface area contributed by atoms with E-state index in [1.807, 2.05) is 0 Å². The van der Waals surface area contributed by atoms with Gasteiger partial charge in [0.05, 0.1) is 22.0 Å². The van der Waals surface area contributed by atoms with E-state index in [2.05, 4.69) is 0 Å². The van der Waals surface area contributed by atoms with Crippen molar-refractivity contribution in [1.82, 2.24) is 0 Å². The van der Waals surface area contributed by atoms with Gasteiger partial charge in [-0.2, -0.15) is 13.2 Å². The van der Waals surface area contributed by atoms with Gasteiger partial charge in [-0.1, -0.05) is 35.9 Å². The molecule has 1 N–H and O–H groups in total. The number of phenolic OH excluding ortho intramolecular Hbond substituents is 1. The molecule has 4 rings (SSSR count). The van der Waals surface area contributed by atoms with E-state index in [1.54, 1.807) is 24.3 Å². The predicted octanol–water partition coefficient (Wildman–Crippen LogP) is 6.81. The number of phenols is 1. The molecule has 0 spiro atoms. The van der Waals surface area contributed by atoms with E-state index in [0.29, 0.717) is 22.2 Å². The lowest BCUT2D eigenvalue weighted by Gasteiger charge is -2.24. The maximum Gasteiger partial charge on any atom is 0.419 e. The Bertz CT molecular complexity index is 1430. The lowest BCUT2D eigenvalue weighted by Crippen LogP contribution is -2.30. The Balaban J connectivity index is 1.88. The molecule has 0 atom stereocenters. The average Bonchev–Trinajstić information content (AvgIpc) is 3.09. The first kappa shape index (κ1) is 23.3. The van der Waals surface area contributed by atoms with Crippen LogP contribution in [0.4, 0.5) is 22.6 Å². The lowest BCUT2D eigenvalue weighted by molar-refractivity contribution is -0.140. The Morgan fingerprint density at radius 3 is 2.30 bits per heavy atom.